The van der Waals surface area contributed by atoms with Gasteiger partial charge in [0, 0.05) is 6.54 Å². The number of ether oxygens (including phenoxy) is 1. The summed E-state index contributed by atoms with van der Waals surface area (Å²) in [5, 5.41) is 2.81. The summed E-state index contributed by atoms with van der Waals surface area (Å²) in [6, 6.07) is 1.89. The molecule has 15 heavy (non-hydrogen) atoms. The van der Waals surface area contributed by atoms with Gasteiger partial charge in [-0.05, 0) is 12.1 Å². The Labute approximate surface area is 84.0 Å². The Kier molecular flexibility index (Phi) is 2.13. The van der Waals surface area contributed by atoms with Crippen LogP contribution >= 0.6 is 0 Å². The van der Waals surface area contributed by atoms with E-state index in [-0.39, 0.29) is 5.69 Å². The molecule has 1 aliphatic heterocycles. The van der Waals surface area contributed by atoms with Crippen LogP contribution in [0, 0.1) is 0 Å². The predicted molar refractivity (Wildman–Crippen MR) is 49.8 cm³/mol. The molecule has 0 spiro atoms. The summed E-state index contributed by atoms with van der Waals surface area (Å²) in [7, 11) is 0. The Morgan fingerprint density at radius 2 is 2.07 bits per heavy atom. The lowest BCUT2D eigenvalue weighted by molar-refractivity contribution is -0.137. The second-order valence-electron chi connectivity index (χ2n) is 3.22. The van der Waals surface area contributed by atoms with Crippen molar-refractivity contribution in [1.82, 2.24) is 0 Å². The van der Waals surface area contributed by atoms with Gasteiger partial charge >= 0.3 is 6.18 Å². The number of hydrogen-bond acceptors (Lipinski definition) is 3. The van der Waals surface area contributed by atoms with Crippen LogP contribution in [0.1, 0.15) is 5.56 Å². The number of nitrogens with two attached hydrogens (primary N) is 1. The summed E-state index contributed by atoms with van der Waals surface area (Å²) in [4.78, 5) is 0. The first-order chi connectivity index (χ1) is 6.98. The van der Waals surface area contributed by atoms with E-state index < -0.39 is 11.7 Å². The average molecular weight is 218 g/mol. The second-order valence-corrected chi connectivity index (χ2v) is 3.22. The minimum Gasteiger partial charge on any atom is -0.487 e. The largest absolute Gasteiger partial charge is 0.487 e. The monoisotopic (exact) mass is 218 g/mol. The highest BCUT2D eigenvalue weighted by molar-refractivity contribution is 5.72. The molecule has 0 aliphatic carbocycles. The van der Waals surface area contributed by atoms with Crippen molar-refractivity contribution in [2.24, 2.45) is 0 Å². The molecule has 3 nitrogen and oxygen atoms in total. The van der Waals surface area contributed by atoms with Gasteiger partial charge in [-0.3, -0.25) is 0 Å². The normalized spacial score (nSPS) is 15.1. The molecule has 0 saturated heterocycles. The molecule has 2 rings (SSSR count). The van der Waals surface area contributed by atoms with Crippen molar-refractivity contribution in [3.8, 4) is 5.75 Å². The molecule has 0 unspecified atom stereocenters. The van der Waals surface area contributed by atoms with Gasteiger partial charge in [0.2, 0.25) is 0 Å². The quantitative estimate of drug-likeness (QED) is 0.655. The van der Waals surface area contributed by atoms with E-state index in [1.807, 2.05) is 0 Å². The highest BCUT2D eigenvalue weighted by Gasteiger charge is 2.32. The molecule has 0 fully saturated rings. The van der Waals surface area contributed by atoms with Gasteiger partial charge in [0.25, 0.3) is 0 Å². The summed E-state index contributed by atoms with van der Waals surface area (Å²) in [6.45, 7) is 0.885. The average Bonchev–Trinajstić information content (AvgIpc) is 2.16. The van der Waals surface area contributed by atoms with Gasteiger partial charge in [0.1, 0.15) is 6.61 Å². The number of nitrogens with one attached hydrogen (secondary N) is 1. The summed E-state index contributed by atoms with van der Waals surface area (Å²) in [5.74, 6) is 0.300. The minimum atomic E-state index is -4.39. The summed E-state index contributed by atoms with van der Waals surface area (Å²) < 4.78 is 42.4. The highest BCUT2D eigenvalue weighted by Crippen LogP contribution is 2.40. The van der Waals surface area contributed by atoms with Crippen LogP contribution in [0.3, 0.4) is 0 Å². The molecular formula is C9H9F3N2O. The molecule has 6 heteroatoms. The molecule has 1 aromatic carbocycles. The number of hydrogen-bond donors (Lipinski definition) is 2. The molecule has 82 valence electrons. The van der Waals surface area contributed by atoms with E-state index >= 15 is 0 Å². The van der Waals surface area contributed by atoms with Gasteiger partial charge in [-0.15, -0.1) is 0 Å². The zero-order valence-electron chi connectivity index (χ0n) is 7.69. The number of anilines is 2. The van der Waals surface area contributed by atoms with Crippen molar-refractivity contribution in [2.75, 3.05) is 24.2 Å². The van der Waals surface area contributed by atoms with Crippen LogP contribution in [-0.4, -0.2) is 13.2 Å². The SMILES string of the molecule is Nc1cc(C(F)(F)F)cc2c1OCCN2. The van der Waals surface area contributed by atoms with Crippen molar-refractivity contribution in [3.05, 3.63) is 17.7 Å². The van der Waals surface area contributed by atoms with Crippen molar-refractivity contribution < 1.29 is 17.9 Å². The van der Waals surface area contributed by atoms with Gasteiger partial charge in [-0.25, -0.2) is 0 Å². The lowest BCUT2D eigenvalue weighted by Crippen LogP contribution is -2.20. The summed E-state index contributed by atoms with van der Waals surface area (Å²) in [5.41, 5.74) is 5.01. The molecule has 3 N–H and O–H groups in total. The summed E-state index contributed by atoms with van der Waals surface area (Å²) in [6.07, 6.45) is -4.39. The van der Waals surface area contributed by atoms with Crippen molar-refractivity contribution in [3.63, 3.8) is 0 Å². The molecule has 0 bridgehead atoms. The fraction of sp³-hybridized carbons (Fsp3) is 0.333. The molecule has 0 saturated carbocycles. The zero-order valence-corrected chi connectivity index (χ0v) is 7.69. The van der Waals surface area contributed by atoms with E-state index in [9.17, 15) is 13.2 Å². The summed E-state index contributed by atoms with van der Waals surface area (Å²) >= 11 is 0. The Hall–Kier alpha value is -1.59. The van der Waals surface area contributed by atoms with Crippen LogP contribution in [0.15, 0.2) is 12.1 Å². The predicted octanol–water partition coefficient (Wildman–Crippen LogP) is 2.09. The molecule has 1 heterocycles. The maximum atomic E-state index is 12.4. The fourth-order valence-electron chi connectivity index (χ4n) is 1.45. The maximum absolute atomic E-state index is 12.4. The molecular weight excluding hydrogens is 209 g/mol. The number of fused-ring (bicyclic) bond motifs is 1. The van der Waals surface area contributed by atoms with Gasteiger partial charge in [0.05, 0.1) is 16.9 Å². The van der Waals surface area contributed by atoms with Crippen LogP contribution in [0.25, 0.3) is 0 Å². The van der Waals surface area contributed by atoms with E-state index in [0.29, 0.717) is 24.6 Å². The van der Waals surface area contributed by atoms with E-state index in [4.69, 9.17) is 10.5 Å². The van der Waals surface area contributed by atoms with E-state index in [1.165, 1.54) is 0 Å². The molecule has 0 aromatic heterocycles. The Morgan fingerprint density at radius 3 is 2.73 bits per heavy atom. The lowest BCUT2D eigenvalue weighted by Gasteiger charge is -2.22. The maximum Gasteiger partial charge on any atom is 0.416 e. The number of alkyl halides is 3. The second kappa shape index (κ2) is 3.22. The van der Waals surface area contributed by atoms with Gasteiger partial charge in [-0.1, -0.05) is 0 Å². The third kappa shape index (κ3) is 1.79. The van der Waals surface area contributed by atoms with E-state index in [2.05, 4.69) is 5.32 Å². The minimum absolute atomic E-state index is 0.00650. The van der Waals surface area contributed by atoms with Crippen LogP contribution in [0.5, 0.6) is 5.75 Å². The van der Waals surface area contributed by atoms with Crippen molar-refractivity contribution in [2.45, 2.75) is 6.18 Å². The number of rotatable bonds is 0. The van der Waals surface area contributed by atoms with Crippen LogP contribution < -0.4 is 15.8 Å². The first-order valence-electron chi connectivity index (χ1n) is 4.36. The third-order valence-electron chi connectivity index (χ3n) is 2.11. The Balaban J connectivity index is 2.50. The van der Waals surface area contributed by atoms with Gasteiger partial charge in [-0.2, -0.15) is 13.2 Å². The number of benzene rings is 1. The molecule has 0 atom stereocenters. The van der Waals surface area contributed by atoms with Gasteiger partial charge in [0.15, 0.2) is 5.75 Å². The van der Waals surface area contributed by atoms with Gasteiger partial charge < -0.3 is 15.8 Å². The van der Waals surface area contributed by atoms with Crippen LogP contribution in [-0.2, 0) is 6.18 Å². The van der Waals surface area contributed by atoms with E-state index in [1.54, 1.807) is 0 Å². The highest BCUT2D eigenvalue weighted by atomic mass is 19.4. The number of nitrogen functional groups attached to an aromatic ring is 1. The lowest BCUT2D eigenvalue weighted by atomic mass is 10.1. The smallest absolute Gasteiger partial charge is 0.416 e. The van der Waals surface area contributed by atoms with E-state index in [0.717, 1.165) is 12.1 Å². The first kappa shape index (κ1) is 9.95. The zero-order chi connectivity index (χ0) is 11.1. The fourth-order valence-corrected chi connectivity index (χ4v) is 1.45. The Bertz CT molecular complexity index is 390. The third-order valence-corrected chi connectivity index (χ3v) is 2.11. The molecule has 0 radical (unpaired) electrons. The first-order valence-corrected chi connectivity index (χ1v) is 4.36. The van der Waals surface area contributed by atoms with Crippen molar-refractivity contribution >= 4 is 11.4 Å². The van der Waals surface area contributed by atoms with Crippen molar-refractivity contribution in [1.29, 1.82) is 0 Å². The van der Waals surface area contributed by atoms with Crippen LogP contribution in [0.4, 0.5) is 24.5 Å². The molecule has 1 aromatic rings. The molecule has 0 amide bonds. The topological polar surface area (TPSA) is 47.3 Å². The standard InChI is InChI=1S/C9H9F3N2O/c10-9(11,12)5-3-6(13)8-7(4-5)14-1-2-15-8/h3-4,14H,1-2,13H2. The Morgan fingerprint density at radius 1 is 1.33 bits per heavy atom. The number of halogens is 3. The van der Waals surface area contributed by atoms with Crippen LogP contribution in [0.2, 0.25) is 0 Å². The molecule has 1 aliphatic rings.